The maximum absolute atomic E-state index is 10.6. The SMILES string of the molecule is CC1=Nc2ccc([N+](=O)[O-])cc2N=C(C)O1. The monoisotopic (exact) mass is 219 g/mol. The summed E-state index contributed by atoms with van der Waals surface area (Å²) < 4.78 is 5.22. The Morgan fingerprint density at radius 3 is 2.44 bits per heavy atom. The minimum atomic E-state index is -0.465. The largest absolute Gasteiger partial charge is 0.429 e. The van der Waals surface area contributed by atoms with E-state index in [9.17, 15) is 10.1 Å². The topological polar surface area (TPSA) is 77.1 Å². The quantitative estimate of drug-likeness (QED) is 0.538. The van der Waals surface area contributed by atoms with Crippen LogP contribution < -0.4 is 0 Å². The van der Waals surface area contributed by atoms with Crippen LogP contribution in [0.2, 0.25) is 0 Å². The molecule has 0 aliphatic carbocycles. The first-order valence-electron chi connectivity index (χ1n) is 4.63. The molecule has 0 saturated heterocycles. The van der Waals surface area contributed by atoms with Gasteiger partial charge >= 0.3 is 0 Å². The van der Waals surface area contributed by atoms with Crippen molar-refractivity contribution in [2.75, 3.05) is 0 Å². The molecule has 0 unspecified atom stereocenters. The van der Waals surface area contributed by atoms with Crippen LogP contribution in [-0.4, -0.2) is 16.7 Å². The van der Waals surface area contributed by atoms with Crippen molar-refractivity contribution in [2.45, 2.75) is 13.8 Å². The molecule has 6 nitrogen and oxygen atoms in total. The Hall–Kier alpha value is -2.24. The summed E-state index contributed by atoms with van der Waals surface area (Å²) in [5.74, 6) is 0.884. The Kier molecular flexibility index (Phi) is 2.40. The van der Waals surface area contributed by atoms with Gasteiger partial charge in [-0.3, -0.25) is 10.1 Å². The van der Waals surface area contributed by atoms with Crippen LogP contribution in [0.25, 0.3) is 0 Å². The molecule has 0 amide bonds. The van der Waals surface area contributed by atoms with Crippen molar-refractivity contribution in [1.82, 2.24) is 0 Å². The lowest BCUT2D eigenvalue weighted by atomic mass is 10.2. The zero-order chi connectivity index (χ0) is 11.7. The fourth-order valence-corrected chi connectivity index (χ4v) is 1.41. The van der Waals surface area contributed by atoms with Gasteiger partial charge in [0.1, 0.15) is 0 Å². The summed E-state index contributed by atoms with van der Waals surface area (Å²) in [5, 5.41) is 10.6. The maximum atomic E-state index is 10.6. The molecule has 0 spiro atoms. The molecule has 6 heteroatoms. The van der Waals surface area contributed by atoms with E-state index in [4.69, 9.17) is 4.74 Å². The zero-order valence-corrected chi connectivity index (χ0v) is 8.80. The van der Waals surface area contributed by atoms with E-state index >= 15 is 0 Å². The number of hydrogen-bond donors (Lipinski definition) is 0. The second kappa shape index (κ2) is 3.73. The van der Waals surface area contributed by atoms with Crippen molar-refractivity contribution in [1.29, 1.82) is 0 Å². The van der Waals surface area contributed by atoms with Crippen molar-refractivity contribution in [3.05, 3.63) is 28.3 Å². The van der Waals surface area contributed by atoms with Crippen molar-refractivity contribution in [3.8, 4) is 0 Å². The van der Waals surface area contributed by atoms with Gasteiger partial charge in [0.05, 0.1) is 16.3 Å². The van der Waals surface area contributed by atoms with Gasteiger partial charge in [-0.1, -0.05) is 0 Å². The van der Waals surface area contributed by atoms with E-state index in [1.165, 1.54) is 12.1 Å². The molecule has 2 rings (SSSR count). The molecule has 0 bridgehead atoms. The molecule has 1 heterocycles. The molecule has 0 saturated carbocycles. The van der Waals surface area contributed by atoms with Gasteiger partial charge in [-0.05, 0) is 6.07 Å². The predicted molar refractivity (Wildman–Crippen MR) is 59.7 cm³/mol. The van der Waals surface area contributed by atoms with E-state index in [2.05, 4.69) is 9.98 Å². The minimum absolute atomic E-state index is 0.00921. The van der Waals surface area contributed by atoms with Gasteiger partial charge in [0.15, 0.2) is 11.8 Å². The van der Waals surface area contributed by atoms with Crippen molar-refractivity contribution >= 4 is 28.9 Å². The van der Waals surface area contributed by atoms with Gasteiger partial charge in [-0.15, -0.1) is 0 Å². The molecular formula is C10H9N3O3. The van der Waals surface area contributed by atoms with E-state index < -0.39 is 4.92 Å². The summed E-state index contributed by atoms with van der Waals surface area (Å²) in [6, 6.07) is 4.33. The summed E-state index contributed by atoms with van der Waals surface area (Å²) in [6.07, 6.45) is 0. The molecule has 0 N–H and O–H groups in total. The van der Waals surface area contributed by atoms with Crippen LogP contribution in [0.4, 0.5) is 17.1 Å². The Morgan fingerprint density at radius 2 is 1.81 bits per heavy atom. The summed E-state index contributed by atoms with van der Waals surface area (Å²) in [7, 11) is 0. The van der Waals surface area contributed by atoms with Gasteiger partial charge in [0, 0.05) is 26.0 Å². The average Bonchev–Trinajstić information content (AvgIpc) is 2.32. The van der Waals surface area contributed by atoms with E-state index in [1.54, 1.807) is 19.9 Å². The number of non-ortho nitro benzene ring substituents is 1. The molecule has 16 heavy (non-hydrogen) atoms. The number of nitro benzene ring substituents is 1. The highest BCUT2D eigenvalue weighted by Gasteiger charge is 2.13. The Balaban J connectivity index is 2.59. The zero-order valence-electron chi connectivity index (χ0n) is 8.80. The molecule has 1 aromatic rings. The summed E-state index contributed by atoms with van der Waals surface area (Å²) >= 11 is 0. The lowest BCUT2D eigenvalue weighted by Crippen LogP contribution is -2.03. The Morgan fingerprint density at radius 1 is 1.19 bits per heavy atom. The van der Waals surface area contributed by atoms with Crippen LogP contribution in [0.3, 0.4) is 0 Å². The molecule has 0 radical (unpaired) electrons. The number of ether oxygens (including phenoxy) is 1. The highest BCUT2D eigenvalue weighted by Crippen LogP contribution is 2.33. The first-order chi connectivity index (χ1) is 7.56. The van der Waals surface area contributed by atoms with Gasteiger partial charge in [0.25, 0.3) is 5.69 Å². The van der Waals surface area contributed by atoms with Crippen molar-refractivity contribution < 1.29 is 9.66 Å². The van der Waals surface area contributed by atoms with Crippen LogP contribution in [0.1, 0.15) is 13.8 Å². The smallest absolute Gasteiger partial charge is 0.271 e. The molecule has 1 aromatic carbocycles. The number of nitrogens with zero attached hydrogens (tertiary/aromatic N) is 3. The summed E-state index contributed by atoms with van der Waals surface area (Å²) in [4.78, 5) is 18.4. The van der Waals surface area contributed by atoms with E-state index in [0.717, 1.165) is 0 Å². The standard InChI is InChI=1S/C10H9N3O3/c1-6-11-9-4-3-8(13(14)15)5-10(9)12-7(2)16-6/h3-5H,1-2H3. The molecule has 0 aromatic heterocycles. The lowest BCUT2D eigenvalue weighted by molar-refractivity contribution is -0.384. The first-order valence-corrected chi connectivity index (χ1v) is 4.63. The number of nitro groups is 1. The summed E-state index contributed by atoms with van der Waals surface area (Å²) in [5.41, 5.74) is 1.01. The van der Waals surface area contributed by atoms with Crippen LogP contribution in [-0.2, 0) is 4.74 Å². The van der Waals surface area contributed by atoms with E-state index in [0.29, 0.717) is 23.2 Å². The summed E-state index contributed by atoms with van der Waals surface area (Å²) in [6.45, 7) is 3.38. The Labute approximate surface area is 91.4 Å². The number of aliphatic imine (C=N–C) groups is 2. The second-order valence-electron chi connectivity index (χ2n) is 3.29. The molecule has 0 atom stereocenters. The molecule has 1 aliphatic rings. The Bertz CT molecular complexity index is 520. The predicted octanol–water partition coefficient (Wildman–Crippen LogP) is 2.72. The van der Waals surface area contributed by atoms with Crippen LogP contribution in [0.15, 0.2) is 28.2 Å². The molecule has 0 fully saturated rings. The molecular weight excluding hydrogens is 210 g/mol. The number of fused-ring (bicyclic) bond motifs is 1. The molecule has 82 valence electrons. The van der Waals surface area contributed by atoms with E-state index in [1.807, 2.05) is 0 Å². The van der Waals surface area contributed by atoms with E-state index in [-0.39, 0.29) is 5.69 Å². The van der Waals surface area contributed by atoms with Crippen molar-refractivity contribution in [3.63, 3.8) is 0 Å². The third-order valence-electron chi connectivity index (χ3n) is 2.02. The van der Waals surface area contributed by atoms with Gasteiger partial charge < -0.3 is 4.74 Å². The number of hydrogen-bond acceptors (Lipinski definition) is 5. The molecule has 1 aliphatic heterocycles. The average molecular weight is 219 g/mol. The lowest BCUT2D eigenvalue weighted by Gasteiger charge is -1.97. The third-order valence-corrected chi connectivity index (χ3v) is 2.02. The normalized spacial score (nSPS) is 14.1. The third kappa shape index (κ3) is 1.90. The van der Waals surface area contributed by atoms with Crippen molar-refractivity contribution in [2.24, 2.45) is 9.98 Å². The van der Waals surface area contributed by atoms with Crippen LogP contribution >= 0.6 is 0 Å². The fraction of sp³-hybridized carbons (Fsp3) is 0.200. The van der Waals surface area contributed by atoms with Gasteiger partial charge in [-0.25, -0.2) is 9.98 Å². The van der Waals surface area contributed by atoms with Gasteiger partial charge in [0.2, 0.25) is 0 Å². The highest BCUT2D eigenvalue weighted by atomic mass is 16.6. The first kappa shape index (κ1) is 10.3. The van der Waals surface area contributed by atoms with Crippen LogP contribution in [0, 0.1) is 10.1 Å². The van der Waals surface area contributed by atoms with Gasteiger partial charge in [-0.2, -0.15) is 0 Å². The highest BCUT2D eigenvalue weighted by molar-refractivity contribution is 5.95. The maximum Gasteiger partial charge on any atom is 0.271 e. The fourth-order valence-electron chi connectivity index (χ4n) is 1.41. The number of benzene rings is 1. The second-order valence-corrected chi connectivity index (χ2v) is 3.29. The van der Waals surface area contributed by atoms with Crippen LogP contribution in [0.5, 0.6) is 0 Å². The minimum Gasteiger partial charge on any atom is -0.429 e. The number of rotatable bonds is 1.